The number of hydrogen-bond donors (Lipinski definition) is 2. The molecule has 0 fully saturated rings. The van der Waals surface area contributed by atoms with Crippen molar-refractivity contribution in [2.75, 3.05) is 11.9 Å². The van der Waals surface area contributed by atoms with E-state index in [-0.39, 0.29) is 11.3 Å². The molecule has 0 spiro atoms. The number of carbonyl (C=O) groups is 1. The summed E-state index contributed by atoms with van der Waals surface area (Å²) in [7, 11) is 0. The fourth-order valence-electron chi connectivity index (χ4n) is 2.01. The maximum atomic E-state index is 12.3. The first-order valence-corrected chi connectivity index (χ1v) is 6.79. The molecule has 0 atom stereocenters. The molecule has 0 saturated heterocycles. The number of hydrogen-bond acceptors (Lipinski definition) is 2. The molecule has 3 N–H and O–H groups in total. The molecule has 0 radical (unpaired) electrons. The number of para-hydroxylation sites is 1. The average Bonchev–Trinajstić information content (AvgIpc) is 2.28. The molecule has 3 heteroatoms. The van der Waals surface area contributed by atoms with E-state index in [4.69, 9.17) is 5.73 Å². The zero-order valence-corrected chi connectivity index (χ0v) is 12.7. The van der Waals surface area contributed by atoms with Gasteiger partial charge < -0.3 is 11.1 Å². The summed E-state index contributed by atoms with van der Waals surface area (Å²) in [5.41, 5.74) is 7.16. The summed E-state index contributed by atoms with van der Waals surface area (Å²) in [6.45, 7) is 10.8. The zero-order chi connectivity index (χ0) is 14.7. The Morgan fingerprint density at radius 3 is 2.26 bits per heavy atom. The fraction of sp³-hybridized carbons (Fsp3) is 0.562. The Morgan fingerprint density at radius 2 is 1.74 bits per heavy atom. The van der Waals surface area contributed by atoms with E-state index < -0.39 is 5.41 Å². The van der Waals surface area contributed by atoms with Gasteiger partial charge in [0, 0.05) is 11.1 Å². The van der Waals surface area contributed by atoms with Crippen LogP contribution in [0, 0.1) is 5.41 Å². The molecule has 1 aromatic rings. The normalized spacial score (nSPS) is 12.3. The van der Waals surface area contributed by atoms with E-state index in [2.05, 4.69) is 32.2 Å². The van der Waals surface area contributed by atoms with Crippen molar-refractivity contribution in [3.05, 3.63) is 29.8 Å². The molecule has 0 unspecified atom stereocenters. The lowest BCUT2D eigenvalue weighted by Gasteiger charge is -2.27. The fourth-order valence-corrected chi connectivity index (χ4v) is 2.01. The van der Waals surface area contributed by atoms with Gasteiger partial charge in [0.15, 0.2) is 0 Å². The summed E-state index contributed by atoms with van der Waals surface area (Å²) in [5, 5.41) is 3.05. The Morgan fingerprint density at radius 1 is 1.16 bits per heavy atom. The van der Waals surface area contributed by atoms with Gasteiger partial charge in [0.2, 0.25) is 5.91 Å². The molecule has 19 heavy (non-hydrogen) atoms. The van der Waals surface area contributed by atoms with Crippen LogP contribution in [-0.4, -0.2) is 12.5 Å². The molecular weight excluding hydrogens is 236 g/mol. The molecular formula is C16H26N2O. The number of carbonyl (C=O) groups excluding carboxylic acids is 1. The van der Waals surface area contributed by atoms with Gasteiger partial charge in [0.05, 0.1) is 0 Å². The highest BCUT2D eigenvalue weighted by Crippen LogP contribution is 2.31. The van der Waals surface area contributed by atoms with Gasteiger partial charge in [-0.3, -0.25) is 4.79 Å². The van der Waals surface area contributed by atoms with Crippen LogP contribution in [0.25, 0.3) is 0 Å². The molecule has 0 bridgehead atoms. The lowest BCUT2D eigenvalue weighted by atomic mass is 9.84. The van der Waals surface area contributed by atoms with Crippen LogP contribution in [0.2, 0.25) is 0 Å². The van der Waals surface area contributed by atoms with E-state index >= 15 is 0 Å². The molecule has 106 valence electrons. The third-order valence-electron chi connectivity index (χ3n) is 3.37. The van der Waals surface area contributed by atoms with Crippen LogP contribution in [0.4, 0.5) is 5.69 Å². The van der Waals surface area contributed by atoms with Gasteiger partial charge in [-0.2, -0.15) is 0 Å². The number of benzene rings is 1. The van der Waals surface area contributed by atoms with Gasteiger partial charge in [-0.25, -0.2) is 0 Å². The van der Waals surface area contributed by atoms with Crippen LogP contribution in [0.5, 0.6) is 0 Å². The Labute approximate surface area is 116 Å². The van der Waals surface area contributed by atoms with Crippen LogP contribution in [0.1, 0.15) is 46.6 Å². The maximum Gasteiger partial charge on any atom is 0.230 e. The number of amides is 1. The van der Waals surface area contributed by atoms with E-state index in [0.717, 1.165) is 11.3 Å². The summed E-state index contributed by atoms with van der Waals surface area (Å²) in [6.07, 6.45) is 0.677. The minimum absolute atomic E-state index is 0.00187. The highest BCUT2D eigenvalue weighted by Gasteiger charge is 2.28. The van der Waals surface area contributed by atoms with Crippen molar-refractivity contribution in [3.63, 3.8) is 0 Å². The van der Waals surface area contributed by atoms with Crippen molar-refractivity contribution in [1.29, 1.82) is 0 Å². The first-order valence-electron chi connectivity index (χ1n) is 6.79. The van der Waals surface area contributed by atoms with Crippen molar-refractivity contribution in [2.24, 2.45) is 11.1 Å². The summed E-state index contributed by atoms with van der Waals surface area (Å²) in [5.74, 6) is 0.0228. The molecule has 0 aliphatic carbocycles. The van der Waals surface area contributed by atoms with Crippen LogP contribution in [0.15, 0.2) is 24.3 Å². The molecule has 0 saturated carbocycles. The van der Waals surface area contributed by atoms with Crippen molar-refractivity contribution < 1.29 is 4.79 Å². The first kappa shape index (κ1) is 15.7. The van der Waals surface area contributed by atoms with E-state index in [1.54, 1.807) is 0 Å². The minimum Gasteiger partial charge on any atom is -0.330 e. The number of rotatable bonds is 4. The topological polar surface area (TPSA) is 55.1 Å². The smallest absolute Gasteiger partial charge is 0.230 e. The summed E-state index contributed by atoms with van der Waals surface area (Å²) in [6, 6.07) is 7.96. The predicted molar refractivity (Wildman–Crippen MR) is 81.2 cm³/mol. The molecule has 1 amide bonds. The Kier molecular flexibility index (Phi) is 4.75. The van der Waals surface area contributed by atoms with Gasteiger partial charge in [0.1, 0.15) is 0 Å². The number of nitrogens with one attached hydrogen (secondary N) is 1. The van der Waals surface area contributed by atoms with Gasteiger partial charge >= 0.3 is 0 Å². The van der Waals surface area contributed by atoms with E-state index in [9.17, 15) is 4.79 Å². The van der Waals surface area contributed by atoms with Crippen LogP contribution < -0.4 is 11.1 Å². The second kappa shape index (κ2) is 5.74. The van der Waals surface area contributed by atoms with Crippen molar-refractivity contribution in [1.82, 2.24) is 0 Å². The molecule has 1 aromatic carbocycles. The predicted octanol–water partition coefficient (Wildman–Crippen LogP) is 3.30. The molecule has 0 aliphatic rings. The van der Waals surface area contributed by atoms with Crippen molar-refractivity contribution in [2.45, 2.75) is 46.5 Å². The lowest BCUT2D eigenvalue weighted by Crippen LogP contribution is -2.33. The number of nitrogens with two attached hydrogens (primary N) is 1. The zero-order valence-electron chi connectivity index (χ0n) is 12.7. The van der Waals surface area contributed by atoms with E-state index in [0.29, 0.717) is 13.0 Å². The van der Waals surface area contributed by atoms with Crippen molar-refractivity contribution in [3.8, 4) is 0 Å². The second-order valence-electron chi connectivity index (χ2n) is 6.67. The summed E-state index contributed by atoms with van der Waals surface area (Å²) in [4.78, 5) is 12.3. The Balaban J connectivity index is 2.98. The molecule has 0 aromatic heterocycles. The quantitative estimate of drug-likeness (QED) is 0.874. The third kappa shape index (κ3) is 4.06. The van der Waals surface area contributed by atoms with Gasteiger partial charge in [-0.1, -0.05) is 52.8 Å². The van der Waals surface area contributed by atoms with Crippen LogP contribution >= 0.6 is 0 Å². The van der Waals surface area contributed by atoms with Crippen LogP contribution in [0.3, 0.4) is 0 Å². The molecule has 1 rings (SSSR count). The molecule has 3 nitrogen and oxygen atoms in total. The minimum atomic E-state index is -0.445. The molecule has 0 heterocycles. The van der Waals surface area contributed by atoms with Crippen LogP contribution in [-0.2, 0) is 10.2 Å². The number of anilines is 1. The monoisotopic (exact) mass is 262 g/mol. The summed E-state index contributed by atoms with van der Waals surface area (Å²) >= 11 is 0. The lowest BCUT2D eigenvalue weighted by molar-refractivity contribution is -0.124. The highest BCUT2D eigenvalue weighted by molar-refractivity contribution is 5.95. The highest BCUT2D eigenvalue weighted by atomic mass is 16.2. The van der Waals surface area contributed by atoms with Crippen molar-refractivity contribution >= 4 is 11.6 Å². The average molecular weight is 262 g/mol. The Bertz CT molecular complexity index is 444. The van der Waals surface area contributed by atoms with E-state index in [1.165, 1.54) is 0 Å². The van der Waals surface area contributed by atoms with Gasteiger partial charge in [-0.05, 0) is 30.0 Å². The summed E-state index contributed by atoms with van der Waals surface area (Å²) < 4.78 is 0. The van der Waals surface area contributed by atoms with E-state index in [1.807, 2.05) is 32.0 Å². The standard InChI is InChI=1S/C16H26N2O/c1-15(2,3)12-8-6-7-9-13(12)18-14(19)16(4,5)10-11-17/h6-9H,10-11,17H2,1-5H3,(H,18,19). The largest absolute Gasteiger partial charge is 0.330 e. The molecule has 0 aliphatic heterocycles. The van der Waals surface area contributed by atoms with Gasteiger partial charge in [-0.15, -0.1) is 0 Å². The second-order valence-corrected chi connectivity index (χ2v) is 6.67. The first-order chi connectivity index (χ1) is 8.68. The Hall–Kier alpha value is -1.35. The third-order valence-corrected chi connectivity index (χ3v) is 3.37. The van der Waals surface area contributed by atoms with Gasteiger partial charge in [0.25, 0.3) is 0 Å². The maximum absolute atomic E-state index is 12.3. The SMILES string of the molecule is CC(C)(CCN)C(=O)Nc1ccccc1C(C)(C)C.